The number of likely N-dealkylation sites (N-methyl/N-ethyl adjacent to an activating group) is 1. The molecule has 1 aromatic carbocycles. The van der Waals surface area contributed by atoms with Gasteiger partial charge in [-0.15, -0.1) is 0 Å². The lowest BCUT2D eigenvalue weighted by Gasteiger charge is -2.33. The molecule has 0 amide bonds. The van der Waals surface area contributed by atoms with E-state index in [1.54, 1.807) is 25.5 Å². The highest BCUT2D eigenvalue weighted by Gasteiger charge is 2.20. The summed E-state index contributed by atoms with van der Waals surface area (Å²) in [5.41, 5.74) is 2.42. The Morgan fingerprint density at radius 1 is 1.06 bits per heavy atom. The van der Waals surface area contributed by atoms with E-state index in [0.717, 1.165) is 48.9 Å². The zero-order valence-corrected chi connectivity index (χ0v) is 18.8. The van der Waals surface area contributed by atoms with Crippen molar-refractivity contribution in [3.63, 3.8) is 0 Å². The number of piperazine rings is 1. The van der Waals surface area contributed by atoms with Gasteiger partial charge in [-0.1, -0.05) is 0 Å². The number of ether oxygens (including phenoxy) is 1. The molecule has 2 aliphatic rings. The van der Waals surface area contributed by atoms with Gasteiger partial charge in [0.25, 0.3) is 5.56 Å². The normalized spacial score (nSPS) is 15.9. The summed E-state index contributed by atoms with van der Waals surface area (Å²) in [6.07, 6.45) is 3.94. The molecule has 0 spiro atoms. The molecule has 1 fully saturated rings. The lowest BCUT2D eigenvalue weighted by atomic mass is 10.0. The molecular formula is C24H27FN6O2. The average Bonchev–Trinajstić information content (AvgIpc) is 3.31. The molecule has 0 unspecified atom stereocenters. The number of aromatic nitrogens is 3. The molecule has 5 rings (SSSR count). The van der Waals surface area contributed by atoms with Gasteiger partial charge < -0.3 is 19.9 Å². The van der Waals surface area contributed by atoms with Crippen LogP contribution in [-0.4, -0.2) is 59.3 Å². The van der Waals surface area contributed by atoms with E-state index in [2.05, 4.69) is 32.1 Å². The first kappa shape index (κ1) is 21.4. The maximum Gasteiger partial charge on any atom is 0.262 e. The van der Waals surface area contributed by atoms with Crippen molar-refractivity contribution in [2.75, 3.05) is 50.1 Å². The van der Waals surface area contributed by atoms with E-state index in [1.165, 1.54) is 10.6 Å². The van der Waals surface area contributed by atoms with Crippen LogP contribution in [-0.2, 0) is 20.0 Å². The van der Waals surface area contributed by atoms with Gasteiger partial charge in [0.05, 0.1) is 12.2 Å². The highest BCUT2D eigenvalue weighted by atomic mass is 19.1. The Hall–Kier alpha value is -3.46. The fourth-order valence-corrected chi connectivity index (χ4v) is 4.35. The van der Waals surface area contributed by atoms with Crippen molar-refractivity contribution in [1.82, 2.24) is 19.4 Å². The van der Waals surface area contributed by atoms with Crippen LogP contribution in [0.2, 0.25) is 0 Å². The average molecular weight is 451 g/mol. The summed E-state index contributed by atoms with van der Waals surface area (Å²) in [5.74, 6) is 1.72. The number of benzene rings is 1. The van der Waals surface area contributed by atoms with E-state index >= 15 is 0 Å². The third-order valence-electron chi connectivity index (χ3n) is 6.42. The summed E-state index contributed by atoms with van der Waals surface area (Å²) in [6, 6.07) is 6.93. The first-order chi connectivity index (χ1) is 16.0. The minimum Gasteiger partial charge on any atom is -0.493 e. The predicted molar refractivity (Wildman–Crippen MR) is 125 cm³/mol. The number of anilines is 2. The Labute approximate surface area is 191 Å². The molecule has 1 N–H and O–H groups in total. The summed E-state index contributed by atoms with van der Waals surface area (Å²) in [7, 11) is 3.77. The SMILES string of the molecule is CN1CCN(c2ccc(-c3cnc(NCc4c(F)ccc5c4CCO5)n(C)c3=O)cn2)CC1. The fourth-order valence-electron chi connectivity index (χ4n) is 4.35. The van der Waals surface area contributed by atoms with Gasteiger partial charge in [0.15, 0.2) is 0 Å². The minimum atomic E-state index is -0.292. The van der Waals surface area contributed by atoms with Crippen molar-refractivity contribution in [1.29, 1.82) is 0 Å². The standard InChI is InChI=1S/C24H27FN6O2/c1-29-8-10-31(11-9-29)22-6-3-16(13-26-22)18-14-27-24(30(2)23(18)32)28-15-19-17-7-12-33-21(17)5-4-20(19)25/h3-6,13-14H,7-12,15H2,1-2H3,(H,27,28). The van der Waals surface area contributed by atoms with Crippen LogP contribution in [0.1, 0.15) is 11.1 Å². The monoisotopic (exact) mass is 450 g/mol. The van der Waals surface area contributed by atoms with E-state index in [-0.39, 0.29) is 17.9 Å². The molecular weight excluding hydrogens is 423 g/mol. The molecule has 0 saturated carbocycles. The van der Waals surface area contributed by atoms with E-state index < -0.39 is 0 Å². The number of pyridine rings is 1. The minimum absolute atomic E-state index is 0.191. The molecule has 4 heterocycles. The first-order valence-corrected chi connectivity index (χ1v) is 11.1. The molecule has 9 heteroatoms. The number of rotatable bonds is 5. The van der Waals surface area contributed by atoms with Gasteiger partial charge in [-0.05, 0) is 31.3 Å². The van der Waals surface area contributed by atoms with Crippen molar-refractivity contribution >= 4 is 11.8 Å². The number of hydrogen-bond donors (Lipinski definition) is 1. The largest absolute Gasteiger partial charge is 0.493 e. The molecule has 0 aliphatic carbocycles. The summed E-state index contributed by atoms with van der Waals surface area (Å²) in [6.45, 7) is 4.65. The van der Waals surface area contributed by atoms with Crippen LogP contribution in [0.15, 0.2) is 41.5 Å². The van der Waals surface area contributed by atoms with Gasteiger partial charge in [0, 0.05) is 75.3 Å². The van der Waals surface area contributed by atoms with Crippen LogP contribution in [0.5, 0.6) is 5.75 Å². The Kier molecular flexibility index (Phi) is 5.72. The topological polar surface area (TPSA) is 75.5 Å². The molecule has 0 atom stereocenters. The van der Waals surface area contributed by atoms with Crippen LogP contribution in [0.25, 0.3) is 11.1 Å². The first-order valence-electron chi connectivity index (χ1n) is 11.1. The molecule has 33 heavy (non-hydrogen) atoms. The summed E-state index contributed by atoms with van der Waals surface area (Å²) >= 11 is 0. The zero-order chi connectivity index (χ0) is 22.9. The van der Waals surface area contributed by atoms with Gasteiger partial charge >= 0.3 is 0 Å². The maximum absolute atomic E-state index is 14.4. The van der Waals surface area contributed by atoms with E-state index in [0.29, 0.717) is 30.1 Å². The van der Waals surface area contributed by atoms with Gasteiger partial charge in [0.1, 0.15) is 17.4 Å². The second-order valence-electron chi connectivity index (χ2n) is 8.51. The van der Waals surface area contributed by atoms with Crippen LogP contribution in [0.4, 0.5) is 16.2 Å². The molecule has 172 valence electrons. The maximum atomic E-state index is 14.4. The Morgan fingerprint density at radius 2 is 1.88 bits per heavy atom. The molecule has 3 aromatic rings. The summed E-state index contributed by atoms with van der Waals surface area (Å²) in [5, 5.41) is 3.11. The number of hydrogen-bond acceptors (Lipinski definition) is 7. The van der Waals surface area contributed by atoms with Crippen LogP contribution < -0.4 is 20.5 Å². The van der Waals surface area contributed by atoms with Gasteiger partial charge in [-0.25, -0.2) is 14.4 Å². The number of fused-ring (bicyclic) bond motifs is 1. The van der Waals surface area contributed by atoms with Crippen molar-refractivity contribution in [2.24, 2.45) is 7.05 Å². The molecule has 0 radical (unpaired) electrons. The smallest absolute Gasteiger partial charge is 0.262 e. The molecule has 8 nitrogen and oxygen atoms in total. The quantitative estimate of drug-likeness (QED) is 0.639. The van der Waals surface area contributed by atoms with Gasteiger partial charge in [-0.3, -0.25) is 9.36 Å². The summed E-state index contributed by atoms with van der Waals surface area (Å²) in [4.78, 5) is 26.6. The molecule has 0 bridgehead atoms. The third-order valence-corrected chi connectivity index (χ3v) is 6.42. The molecule has 2 aromatic heterocycles. The van der Waals surface area contributed by atoms with Crippen molar-refractivity contribution < 1.29 is 9.13 Å². The predicted octanol–water partition coefficient (Wildman–Crippen LogP) is 2.28. The number of nitrogens with zero attached hydrogens (tertiary/aromatic N) is 5. The Bertz CT molecular complexity index is 1220. The number of halogens is 1. The molecule has 2 aliphatic heterocycles. The van der Waals surface area contributed by atoms with E-state index in [9.17, 15) is 9.18 Å². The highest BCUT2D eigenvalue weighted by molar-refractivity contribution is 5.63. The van der Waals surface area contributed by atoms with E-state index in [4.69, 9.17) is 4.74 Å². The van der Waals surface area contributed by atoms with Crippen LogP contribution >= 0.6 is 0 Å². The Balaban J connectivity index is 1.33. The third kappa shape index (κ3) is 4.16. The fraction of sp³-hybridized carbons (Fsp3) is 0.375. The Morgan fingerprint density at radius 3 is 2.64 bits per heavy atom. The van der Waals surface area contributed by atoms with Crippen molar-refractivity contribution in [3.05, 3.63) is 64.0 Å². The highest BCUT2D eigenvalue weighted by Crippen LogP contribution is 2.30. The summed E-state index contributed by atoms with van der Waals surface area (Å²) < 4.78 is 21.4. The molecule has 1 saturated heterocycles. The van der Waals surface area contributed by atoms with Gasteiger partial charge in [-0.2, -0.15) is 0 Å². The van der Waals surface area contributed by atoms with Crippen LogP contribution in [0, 0.1) is 5.82 Å². The van der Waals surface area contributed by atoms with Crippen molar-refractivity contribution in [2.45, 2.75) is 13.0 Å². The van der Waals surface area contributed by atoms with Gasteiger partial charge in [0.2, 0.25) is 5.95 Å². The van der Waals surface area contributed by atoms with Crippen molar-refractivity contribution in [3.8, 4) is 16.9 Å². The van der Waals surface area contributed by atoms with E-state index in [1.807, 2.05) is 12.1 Å². The lowest BCUT2D eigenvalue weighted by molar-refractivity contribution is 0.312. The van der Waals surface area contributed by atoms with Crippen LogP contribution in [0.3, 0.4) is 0 Å². The second kappa shape index (κ2) is 8.82. The zero-order valence-electron chi connectivity index (χ0n) is 18.8. The lowest BCUT2D eigenvalue weighted by Crippen LogP contribution is -2.44. The second-order valence-corrected chi connectivity index (χ2v) is 8.51. The number of nitrogens with one attached hydrogen (secondary N) is 1.